The zero-order valence-electron chi connectivity index (χ0n) is 25.5. The number of nitrogens with one attached hydrogen (secondary N) is 3. The minimum Gasteiger partial charge on any atom is -0.382 e. The third-order valence-corrected chi connectivity index (χ3v) is 9.29. The predicted molar refractivity (Wildman–Crippen MR) is 177 cm³/mol. The highest BCUT2D eigenvalue weighted by atomic mass is 16.2. The number of para-hydroxylation sites is 1. The van der Waals surface area contributed by atoms with Crippen molar-refractivity contribution in [2.45, 2.75) is 57.5 Å². The molecule has 1 unspecified atom stereocenters. The number of fused-ring (bicyclic) bond motifs is 5. The number of hydrogen-bond acceptors (Lipinski definition) is 7. The summed E-state index contributed by atoms with van der Waals surface area (Å²) in [6.45, 7) is 2.07. The number of carbonyl (C=O) groups is 2. The minimum absolute atomic E-state index is 0.0152. The molecule has 0 spiro atoms. The number of piperidine rings is 1. The SMILES string of the molecule is O=C(Nc1cccc(-c2cn(CCNc3c4c(nc5ccccc35)CCCC4)nn2)n1)Nc1cccc2c1C1CCCCN1C2=O. The predicted octanol–water partition coefficient (Wildman–Crippen LogP) is 6.20. The molecule has 11 heteroatoms. The highest BCUT2D eigenvalue weighted by molar-refractivity contribution is 6.05. The molecule has 1 saturated heterocycles. The van der Waals surface area contributed by atoms with Gasteiger partial charge in [0.05, 0.1) is 30.0 Å². The van der Waals surface area contributed by atoms with Crippen LogP contribution >= 0.6 is 0 Å². The maximum atomic E-state index is 13.1. The Labute approximate surface area is 266 Å². The van der Waals surface area contributed by atoms with E-state index >= 15 is 0 Å². The Bertz CT molecular complexity index is 1970. The van der Waals surface area contributed by atoms with E-state index in [4.69, 9.17) is 4.98 Å². The van der Waals surface area contributed by atoms with Crippen LogP contribution in [0, 0.1) is 0 Å². The van der Waals surface area contributed by atoms with Gasteiger partial charge in [0.25, 0.3) is 5.91 Å². The normalized spacial score (nSPS) is 16.9. The van der Waals surface area contributed by atoms with Gasteiger partial charge in [-0.2, -0.15) is 0 Å². The Kier molecular flexibility index (Phi) is 7.28. The number of hydrogen-bond donors (Lipinski definition) is 3. The molecule has 2 aliphatic heterocycles. The minimum atomic E-state index is -0.416. The summed E-state index contributed by atoms with van der Waals surface area (Å²) < 4.78 is 1.80. The average molecular weight is 614 g/mol. The van der Waals surface area contributed by atoms with E-state index < -0.39 is 6.03 Å². The van der Waals surface area contributed by atoms with E-state index in [0.717, 1.165) is 55.1 Å². The van der Waals surface area contributed by atoms with Crippen molar-refractivity contribution < 1.29 is 9.59 Å². The summed E-state index contributed by atoms with van der Waals surface area (Å²) in [5.74, 6) is 0.440. The van der Waals surface area contributed by atoms with Crippen LogP contribution in [0.15, 0.2) is 66.9 Å². The van der Waals surface area contributed by atoms with Gasteiger partial charge in [0.1, 0.15) is 11.5 Å². The van der Waals surface area contributed by atoms with Crippen molar-refractivity contribution in [3.05, 3.63) is 89.2 Å². The number of amides is 3. The number of aromatic nitrogens is 5. The smallest absolute Gasteiger partial charge is 0.324 e. The van der Waals surface area contributed by atoms with Crippen LogP contribution in [0.5, 0.6) is 0 Å². The first kappa shape index (κ1) is 28.2. The Balaban J connectivity index is 0.931. The van der Waals surface area contributed by atoms with Gasteiger partial charge >= 0.3 is 6.03 Å². The lowest BCUT2D eigenvalue weighted by Gasteiger charge is -2.30. The van der Waals surface area contributed by atoms with Gasteiger partial charge in [-0.15, -0.1) is 5.10 Å². The summed E-state index contributed by atoms with van der Waals surface area (Å²) in [7, 11) is 0. The molecule has 1 fully saturated rings. The molecule has 232 valence electrons. The van der Waals surface area contributed by atoms with Gasteiger partial charge in [-0.25, -0.2) is 9.78 Å². The lowest BCUT2D eigenvalue weighted by molar-refractivity contribution is 0.0672. The molecule has 11 nitrogen and oxygen atoms in total. The number of nitrogens with zero attached hydrogens (tertiary/aromatic N) is 6. The van der Waals surface area contributed by atoms with Gasteiger partial charge in [-0.1, -0.05) is 35.5 Å². The molecule has 5 aromatic rings. The molecule has 3 amide bonds. The zero-order chi connectivity index (χ0) is 31.0. The Morgan fingerprint density at radius 1 is 0.891 bits per heavy atom. The van der Waals surface area contributed by atoms with Crippen LogP contribution < -0.4 is 16.0 Å². The number of rotatable bonds is 7. The second kappa shape index (κ2) is 11.9. The Hall–Kier alpha value is -5.32. The number of pyridine rings is 2. The van der Waals surface area contributed by atoms with Crippen LogP contribution in [-0.2, 0) is 19.4 Å². The first-order valence-corrected chi connectivity index (χ1v) is 16.2. The van der Waals surface area contributed by atoms with Crippen molar-refractivity contribution in [1.29, 1.82) is 0 Å². The molecular weight excluding hydrogens is 578 g/mol. The van der Waals surface area contributed by atoms with Crippen LogP contribution in [0.2, 0.25) is 0 Å². The largest absolute Gasteiger partial charge is 0.382 e. The number of carbonyl (C=O) groups excluding carboxylic acids is 2. The highest BCUT2D eigenvalue weighted by Gasteiger charge is 2.39. The summed E-state index contributed by atoms with van der Waals surface area (Å²) >= 11 is 0. The zero-order valence-corrected chi connectivity index (χ0v) is 25.5. The topological polar surface area (TPSA) is 130 Å². The van der Waals surface area contributed by atoms with Crippen molar-refractivity contribution >= 4 is 40.0 Å². The van der Waals surface area contributed by atoms with Crippen LogP contribution in [0.3, 0.4) is 0 Å². The van der Waals surface area contributed by atoms with Crippen LogP contribution in [0.25, 0.3) is 22.3 Å². The third kappa shape index (κ3) is 5.21. The highest BCUT2D eigenvalue weighted by Crippen LogP contribution is 2.43. The summed E-state index contributed by atoms with van der Waals surface area (Å²) in [6.07, 6.45) is 9.29. The molecular formula is C35H35N9O2. The van der Waals surface area contributed by atoms with Crippen LogP contribution in [0.1, 0.15) is 65.3 Å². The fourth-order valence-electron chi connectivity index (χ4n) is 7.16. The molecule has 1 aliphatic carbocycles. The quantitative estimate of drug-likeness (QED) is 0.199. The summed E-state index contributed by atoms with van der Waals surface area (Å²) in [6, 6.07) is 18.8. The first-order chi connectivity index (χ1) is 22.6. The van der Waals surface area contributed by atoms with E-state index in [1.165, 1.54) is 29.8 Å². The number of aryl methyl sites for hydroxylation is 1. The number of urea groups is 1. The third-order valence-electron chi connectivity index (χ3n) is 9.29. The van der Waals surface area contributed by atoms with Gasteiger partial charge in [-0.05, 0) is 80.8 Å². The molecule has 1 atom stereocenters. The van der Waals surface area contributed by atoms with E-state index in [1.807, 2.05) is 47.5 Å². The molecule has 0 saturated carbocycles. The van der Waals surface area contributed by atoms with Crippen molar-refractivity contribution in [3.63, 3.8) is 0 Å². The summed E-state index contributed by atoms with van der Waals surface area (Å²) in [5, 5.41) is 19.3. The lowest BCUT2D eigenvalue weighted by atomic mass is 9.92. The maximum Gasteiger partial charge on any atom is 0.324 e. The van der Waals surface area contributed by atoms with Gasteiger partial charge in [0.15, 0.2) is 0 Å². The van der Waals surface area contributed by atoms with Gasteiger partial charge in [0.2, 0.25) is 0 Å². The van der Waals surface area contributed by atoms with E-state index in [1.54, 1.807) is 10.7 Å². The number of benzene rings is 2. The average Bonchev–Trinajstić information content (AvgIpc) is 3.68. The molecule has 0 bridgehead atoms. The standard InChI is InChI=1S/C35H35N9O2/c45-34-24-11-7-15-28(32(24)30-16-5-6-19-44(30)34)39-35(46)40-31-17-8-14-27(38-31)29-21-43(42-41-29)20-18-36-33-22-9-1-3-12-25(22)37-26-13-4-2-10-23(26)33/h1,3,7-9,11-12,14-15,17,21,30H,2,4-6,10,13,16,18-20H2,(H,36,37)(H2,38,39,40,46). The molecule has 5 heterocycles. The second-order valence-corrected chi connectivity index (χ2v) is 12.2. The fraction of sp³-hybridized carbons (Fsp3) is 0.314. The Morgan fingerprint density at radius 2 is 1.78 bits per heavy atom. The molecule has 3 aliphatic rings. The van der Waals surface area contributed by atoms with Crippen molar-refractivity contribution in [2.75, 3.05) is 29.0 Å². The summed E-state index contributed by atoms with van der Waals surface area (Å²) in [4.78, 5) is 37.5. The molecule has 46 heavy (non-hydrogen) atoms. The van der Waals surface area contributed by atoms with Crippen molar-refractivity contribution in [2.24, 2.45) is 0 Å². The van der Waals surface area contributed by atoms with Gasteiger partial charge in [-0.3, -0.25) is 19.8 Å². The monoisotopic (exact) mass is 613 g/mol. The fourth-order valence-corrected chi connectivity index (χ4v) is 7.16. The van der Waals surface area contributed by atoms with Crippen LogP contribution in [-0.4, -0.2) is 54.9 Å². The summed E-state index contributed by atoms with van der Waals surface area (Å²) in [5.41, 5.74) is 8.23. The van der Waals surface area contributed by atoms with E-state index in [-0.39, 0.29) is 11.9 Å². The molecule has 3 aromatic heterocycles. The van der Waals surface area contributed by atoms with E-state index in [0.29, 0.717) is 41.5 Å². The van der Waals surface area contributed by atoms with Gasteiger partial charge < -0.3 is 15.5 Å². The molecule has 8 rings (SSSR count). The lowest BCUT2D eigenvalue weighted by Crippen LogP contribution is -2.32. The first-order valence-electron chi connectivity index (χ1n) is 16.2. The molecule has 2 aromatic carbocycles. The van der Waals surface area contributed by atoms with Gasteiger partial charge in [0, 0.05) is 46.7 Å². The van der Waals surface area contributed by atoms with Crippen molar-refractivity contribution in [3.8, 4) is 11.4 Å². The maximum absolute atomic E-state index is 13.1. The van der Waals surface area contributed by atoms with Crippen LogP contribution in [0.4, 0.5) is 22.0 Å². The molecule has 0 radical (unpaired) electrons. The van der Waals surface area contributed by atoms with Crippen molar-refractivity contribution in [1.82, 2.24) is 29.9 Å². The van der Waals surface area contributed by atoms with E-state index in [2.05, 4.69) is 49.4 Å². The Morgan fingerprint density at radius 3 is 2.74 bits per heavy atom. The second-order valence-electron chi connectivity index (χ2n) is 12.2. The molecule has 3 N–H and O–H groups in total. The van der Waals surface area contributed by atoms with E-state index in [9.17, 15) is 9.59 Å². The number of anilines is 3.